The summed E-state index contributed by atoms with van der Waals surface area (Å²) in [4.78, 5) is 0. The third kappa shape index (κ3) is 3.42. The topological polar surface area (TPSA) is 0 Å². The Balaban J connectivity index is 0.00000122. The molecule has 0 saturated carbocycles. The minimum Gasteiger partial charge on any atom is -1.00 e. The summed E-state index contributed by atoms with van der Waals surface area (Å²) in [5.41, 5.74) is 11.6. The number of benzene rings is 2. The molecule has 2 unspecified atom stereocenters. The second kappa shape index (κ2) is 8.87. The maximum atomic E-state index is 5.01. The van der Waals surface area contributed by atoms with E-state index in [0.717, 1.165) is 0 Å². The van der Waals surface area contributed by atoms with Gasteiger partial charge >= 0.3 is 187 Å². The van der Waals surface area contributed by atoms with Crippen molar-refractivity contribution in [3.8, 4) is 0 Å². The van der Waals surface area contributed by atoms with Gasteiger partial charge in [0.25, 0.3) is 0 Å². The van der Waals surface area contributed by atoms with Crippen LogP contribution in [-0.4, -0.2) is 4.21 Å². The summed E-state index contributed by atoms with van der Waals surface area (Å²) in [6.07, 6.45) is 18.3. The van der Waals surface area contributed by atoms with E-state index in [9.17, 15) is 0 Å². The molecule has 0 bridgehead atoms. The molecular formula is C29H24Cl2Zr. The molecule has 0 amide bonds. The molecule has 4 aliphatic carbocycles. The Kier molecular flexibility index (Phi) is 6.48. The van der Waals surface area contributed by atoms with Gasteiger partial charge in [-0.15, -0.1) is 0 Å². The Morgan fingerprint density at radius 1 is 0.656 bits per heavy atom. The van der Waals surface area contributed by atoms with E-state index in [1.165, 1.54) is 44.5 Å². The summed E-state index contributed by atoms with van der Waals surface area (Å²) in [6.45, 7) is 4.42. The van der Waals surface area contributed by atoms with Gasteiger partial charge in [-0.3, -0.25) is 0 Å². The van der Waals surface area contributed by atoms with Crippen molar-refractivity contribution in [3.05, 3.63) is 130 Å². The molecule has 2 aromatic rings. The third-order valence-corrected chi connectivity index (χ3v) is 12.6. The summed E-state index contributed by atoms with van der Waals surface area (Å²) in [5, 5.41) is 0. The van der Waals surface area contributed by atoms with Gasteiger partial charge < -0.3 is 24.8 Å². The number of aryl methyl sites for hydroxylation is 2. The van der Waals surface area contributed by atoms with Crippen LogP contribution in [0.4, 0.5) is 0 Å². The minimum absolute atomic E-state index is 0. The van der Waals surface area contributed by atoms with Gasteiger partial charge in [0, 0.05) is 0 Å². The van der Waals surface area contributed by atoms with Crippen LogP contribution < -0.4 is 24.8 Å². The van der Waals surface area contributed by atoms with E-state index in [2.05, 4.69) is 98.9 Å². The third-order valence-electron chi connectivity index (χ3n) is 6.86. The number of hydrogen-bond acceptors (Lipinski definition) is 0. The van der Waals surface area contributed by atoms with Crippen LogP contribution >= 0.6 is 0 Å². The second-order valence-electron chi connectivity index (χ2n) is 8.76. The van der Waals surface area contributed by atoms with Gasteiger partial charge in [-0.25, -0.2) is 0 Å². The molecule has 4 aliphatic rings. The Labute approximate surface area is 210 Å². The van der Waals surface area contributed by atoms with Gasteiger partial charge in [-0.05, 0) is 0 Å². The van der Waals surface area contributed by atoms with Crippen LogP contribution in [0.5, 0.6) is 0 Å². The van der Waals surface area contributed by atoms with E-state index in [0.29, 0.717) is 11.8 Å². The molecular weight excluding hydrogens is 510 g/mol. The normalized spacial score (nSPS) is 20.7. The van der Waals surface area contributed by atoms with E-state index in [1.54, 1.807) is 6.56 Å². The number of allylic oxidation sites excluding steroid dienone is 10. The summed E-state index contributed by atoms with van der Waals surface area (Å²) in [7, 11) is 0. The van der Waals surface area contributed by atoms with Crippen LogP contribution in [0.15, 0.2) is 96.2 Å². The first-order chi connectivity index (χ1) is 14.6. The Hall–Kier alpha value is -1.79. The van der Waals surface area contributed by atoms with Crippen LogP contribution in [0.1, 0.15) is 45.2 Å². The zero-order chi connectivity index (χ0) is 20.4. The molecule has 0 N–H and O–H groups in total. The average Bonchev–Trinajstić information content (AvgIpc) is 3.25. The molecule has 0 aliphatic heterocycles. The Bertz CT molecular complexity index is 1230. The molecule has 2 atom stereocenters. The summed E-state index contributed by atoms with van der Waals surface area (Å²) >= 11 is -2.41. The van der Waals surface area contributed by atoms with E-state index in [1.807, 2.05) is 0 Å². The van der Waals surface area contributed by atoms with Gasteiger partial charge in [0.15, 0.2) is 0 Å². The number of fused-ring (bicyclic) bond motifs is 6. The molecule has 0 radical (unpaired) electrons. The fraction of sp³-hybridized carbons (Fsp3) is 0.138. The fourth-order valence-electron chi connectivity index (χ4n) is 5.53. The molecule has 6 rings (SSSR count). The zero-order valence-corrected chi connectivity index (χ0v) is 22.2. The van der Waals surface area contributed by atoms with Crippen molar-refractivity contribution in [1.82, 2.24) is 0 Å². The van der Waals surface area contributed by atoms with Gasteiger partial charge in [0.1, 0.15) is 0 Å². The summed E-state index contributed by atoms with van der Waals surface area (Å²) in [5.74, 6) is 0.805. The maximum absolute atomic E-state index is 5.01. The van der Waals surface area contributed by atoms with Crippen molar-refractivity contribution in [1.29, 1.82) is 0 Å². The van der Waals surface area contributed by atoms with E-state index in [4.69, 9.17) is 4.21 Å². The quantitative estimate of drug-likeness (QED) is 0.538. The minimum atomic E-state index is -2.41. The molecule has 2 aromatic carbocycles. The van der Waals surface area contributed by atoms with Crippen LogP contribution in [0.25, 0.3) is 6.56 Å². The Morgan fingerprint density at radius 2 is 1.09 bits per heavy atom. The van der Waals surface area contributed by atoms with Crippen molar-refractivity contribution in [2.24, 2.45) is 0 Å². The standard InChI is InChI=1S/2C14H11.CH2.2ClH.Zr/c2*1-10-6-7-14-12(8-10)9-11-4-2-3-5-13(11)14;;;;/h2*2-8,13H,1H3;1H2;2*1H;/q;;;;;+2/p-2. The van der Waals surface area contributed by atoms with E-state index in [-0.39, 0.29) is 24.8 Å². The van der Waals surface area contributed by atoms with Gasteiger partial charge in [0.2, 0.25) is 0 Å². The summed E-state index contributed by atoms with van der Waals surface area (Å²) in [6, 6.07) is 14.0. The largest absolute Gasteiger partial charge is 1.00 e. The first-order valence-electron chi connectivity index (χ1n) is 10.7. The zero-order valence-electron chi connectivity index (χ0n) is 18.2. The number of halogens is 2. The molecule has 0 saturated heterocycles. The van der Waals surface area contributed by atoms with Gasteiger partial charge in [0.05, 0.1) is 0 Å². The van der Waals surface area contributed by atoms with Crippen LogP contribution in [0.3, 0.4) is 0 Å². The number of hydrogen-bond donors (Lipinski definition) is 0. The average molecular weight is 535 g/mol. The van der Waals surface area contributed by atoms with E-state index >= 15 is 0 Å². The van der Waals surface area contributed by atoms with Crippen LogP contribution in [0.2, 0.25) is 0 Å². The first-order valence-corrected chi connectivity index (χ1v) is 14.9. The maximum Gasteiger partial charge on any atom is -1.00 e. The van der Waals surface area contributed by atoms with Crippen LogP contribution in [0, 0.1) is 13.8 Å². The predicted octanol–water partition coefficient (Wildman–Crippen LogP) is 0.930. The molecule has 0 heterocycles. The van der Waals surface area contributed by atoms with Crippen molar-refractivity contribution in [2.45, 2.75) is 25.7 Å². The molecule has 0 nitrogen and oxygen atoms in total. The van der Waals surface area contributed by atoms with Gasteiger partial charge in [-0.1, -0.05) is 0 Å². The van der Waals surface area contributed by atoms with Gasteiger partial charge in [-0.2, -0.15) is 0 Å². The number of rotatable bonds is 2. The van der Waals surface area contributed by atoms with Crippen molar-refractivity contribution in [2.75, 3.05) is 0 Å². The molecule has 0 spiro atoms. The monoisotopic (exact) mass is 532 g/mol. The van der Waals surface area contributed by atoms with Crippen molar-refractivity contribution < 1.29 is 46.1 Å². The van der Waals surface area contributed by atoms with Crippen molar-refractivity contribution >= 4 is 10.8 Å². The molecule has 3 heteroatoms. The summed E-state index contributed by atoms with van der Waals surface area (Å²) < 4.78 is 8.20. The second-order valence-corrected chi connectivity index (χ2v) is 13.6. The molecule has 32 heavy (non-hydrogen) atoms. The molecule has 158 valence electrons. The fourth-order valence-corrected chi connectivity index (χ4v) is 11.7. The predicted molar refractivity (Wildman–Crippen MR) is 125 cm³/mol. The first kappa shape index (κ1) is 23.4. The molecule has 0 aromatic heterocycles. The Morgan fingerprint density at radius 3 is 1.53 bits per heavy atom. The van der Waals surface area contributed by atoms with Crippen molar-refractivity contribution in [3.63, 3.8) is 0 Å². The van der Waals surface area contributed by atoms with Crippen LogP contribution in [-0.2, 0) is 21.3 Å². The smallest absolute Gasteiger partial charge is 1.00 e. The molecule has 0 fully saturated rings. The SMILES string of the molecule is [CH2]=[Zr+2]([C]1=C2C=CC=CC2c2ccc(C)cc21)[C]1=C2C=CC=CC2c2ccc(C)cc21.[Cl-].[Cl-]. The van der Waals surface area contributed by atoms with E-state index < -0.39 is 21.3 Å².